The molecule has 3 heterocycles. The van der Waals surface area contributed by atoms with Crippen molar-refractivity contribution in [3.8, 4) is 17.0 Å². The molecule has 1 aliphatic heterocycles. The number of benzene rings is 1. The van der Waals surface area contributed by atoms with Gasteiger partial charge in [-0.1, -0.05) is 12.1 Å². The Balaban J connectivity index is 1.78. The molecule has 0 saturated heterocycles. The summed E-state index contributed by atoms with van der Waals surface area (Å²) in [6, 6.07) is 9.44. The Kier molecular flexibility index (Phi) is 5.11. The summed E-state index contributed by atoms with van der Waals surface area (Å²) < 4.78 is 7.21. The molecule has 140 valence electrons. The average Bonchev–Trinajstić information content (AvgIpc) is 3.13. The Morgan fingerprint density at radius 2 is 2.32 bits per heavy atom. The summed E-state index contributed by atoms with van der Waals surface area (Å²) in [6.45, 7) is 4.25. The summed E-state index contributed by atoms with van der Waals surface area (Å²) in [7, 11) is 0. The topological polar surface area (TPSA) is 80.9 Å². The van der Waals surface area contributed by atoms with Crippen LogP contribution in [-0.2, 0) is 4.79 Å². The molecule has 0 atom stereocenters. The van der Waals surface area contributed by atoms with Crippen LogP contribution < -0.4 is 14.9 Å². The number of carbonyl (C=O) groups is 1. The van der Waals surface area contributed by atoms with Gasteiger partial charge < -0.3 is 10.1 Å². The molecule has 0 bridgehead atoms. The van der Waals surface area contributed by atoms with Crippen molar-refractivity contribution < 1.29 is 9.53 Å². The summed E-state index contributed by atoms with van der Waals surface area (Å²) in [4.78, 5) is 21.0. The summed E-state index contributed by atoms with van der Waals surface area (Å²) >= 11 is 1.48. The van der Waals surface area contributed by atoms with E-state index in [2.05, 4.69) is 27.0 Å². The van der Waals surface area contributed by atoms with Gasteiger partial charge in [-0.15, -0.1) is 17.9 Å². The second-order valence-corrected chi connectivity index (χ2v) is 6.76. The lowest BCUT2D eigenvalue weighted by atomic mass is 10.1. The number of rotatable bonds is 5. The predicted molar refractivity (Wildman–Crippen MR) is 110 cm³/mol. The molecule has 2 aromatic heterocycles. The second kappa shape index (κ2) is 8.01. The van der Waals surface area contributed by atoms with Crippen LogP contribution in [0, 0.1) is 0 Å². The zero-order chi connectivity index (χ0) is 19.3. The highest BCUT2D eigenvalue weighted by Crippen LogP contribution is 2.32. The molecular weight excluding hydrogens is 374 g/mol. The molecule has 0 spiro atoms. The fraction of sp³-hybridized carbons (Fsp3) is 0.100. The van der Waals surface area contributed by atoms with Crippen molar-refractivity contribution in [2.24, 2.45) is 10.1 Å². The van der Waals surface area contributed by atoms with E-state index in [1.807, 2.05) is 35.7 Å². The fourth-order valence-electron chi connectivity index (χ4n) is 2.68. The molecule has 0 unspecified atom stereocenters. The molecule has 1 N–H and O–H groups in total. The lowest BCUT2D eigenvalue weighted by molar-refractivity contribution is -0.118. The molecule has 1 aliphatic rings. The average molecular weight is 391 g/mol. The molecule has 0 radical (unpaired) electrons. The maximum absolute atomic E-state index is 11.6. The number of thiazole rings is 1. The van der Waals surface area contributed by atoms with Crippen molar-refractivity contribution in [3.63, 3.8) is 0 Å². The van der Waals surface area contributed by atoms with E-state index in [0.29, 0.717) is 18.0 Å². The van der Waals surface area contributed by atoms with E-state index in [4.69, 9.17) is 4.74 Å². The molecule has 4 rings (SSSR count). The van der Waals surface area contributed by atoms with Gasteiger partial charge in [0.05, 0.1) is 24.1 Å². The van der Waals surface area contributed by atoms with Crippen molar-refractivity contribution in [2.75, 3.05) is 18.5 Å². The van der Waals surface area contributed by atoms with Gasteiger partial charge in [0, 0.05) is 28.9 Å². The van der Waals surface area contributed by atoms with Gasteiger partial charge in [0.15, 0.2) is 6.61 Å². The Labute approximate surface area is 165 Å². The number of nitrogens with one attached hydrogen (secondary N) is 1. The highest BCUT2D eigenvalue weighted by Gasteiger charge is 2.17. The number of fused-ring (bicyclic) bond motifs is 1. The number of hydrogen-bond donors (Lipinski definition) is 1. The van der Waals surface area contributed by atoms with E-state index in [-0.39, 0.29) is 12.5 Å². The van der Waals surface area contributed by atoms with Crippen molar-refractivity contribution in [3.05, 3.63) is 71.1 Å². The van der Waals surface area contributed by atoms with Crippen LogP contribution in [0.4, 0.5) is 5.69 Å². The van der Waals surface area contributed by atoms with Gasteiger partial charge in [-0.2, -0.15) is 5.10 Å². The van der Waals surface area contributed by atoms with Crippen LogP contribution in [0.1, 0.15) is 5.56 Å². The summed E-state index contributed by atoms with van der Waals surface area (Å²) in [5.41, 5.74) is 3.28. The highest BCUT2D eigenvalue weighted by molar-refractivity contribution is 7.07. The number of ether oxygens (including phenoxy) is 1. The molecule has 28 heavy (non-hydrogen) atoms. The molecule has 3 aromatic rings. The Hall–Kier alpha value is -3.52. The lowest BCUT2D eigenvalue weighted by Gasteiger charge is -2.18. The molecule has 0 saturated carbocycles. The van der Waals surface area contributed by atoms with Crippen LogP contribution in [0.2, 0.25) is 0 Å². The maximum Gasteiger partial charge on any atom is 0.262 e. The normalized spacial score (nSPS) is 13.9. The van der Waals surface area contributed by atoms with E-state index in [9.17, 15) is 4.79 Å². The standard InChI is InChI=1S/C20H17N5O2S/c1-2-7-22-20-25(23-11-14-4-3-8-21-10-14)17(13-28-20)15-5-6-18-16(9-15)24-19(26)12-27-18/h2-6,8-11,13H,1,7,12H2,(H,24,26). The molecule has 7 nitrogen and oxygen atoms in total. The number of hydrogen-bond acceptors (Lipinski definition) is 6. The Bertz CT molecular complexity index is 1120. The lowest BCUT2D eigenvalue weighted by Crippen LogP contribution is -2.25. The summed E-state index contributed by atoms with van der Waals surface area (Å²) in [5, 5.41) is 9.43. The van der Waals surface area contributed by atoms with Crippen molar-refractivity contribution in [1.82, 2.24) is 9.66 Å². The first kappa shape index (κ1) is 17.9. The minimum Gasteiger partial charge on any atom is -0.482 e. The van der Waals surface area contributed by atoms with Gasteiger partial charge in [-0.3, -0.25) is 14.8 Å². The van der Waals surface area contributed by atoms with Crippen LogP contribution in [0.5, 0.6) is 5.75 Å². The van der Waals surface area contributed by atoms with Gasteiger partial charge in [0.2, 0.25) is 4.80 Å². The number of anilines is 1. The smallest absolute Gasteiger partial charge is 0.262 e. The monoisotopic (exact) mass is 391 g/mol. The Morgan fingerprint density at radius 3 is 3.14 bits per heavy atom. The molecule has 8 heteroatoms. The van der Waals surface area contributed by atoms with Crippen LogP contribution in [0.25, 0.3) is 11.3 Å². The van der Waals surface area contributed by atoms with Gasteiger partial charge >= 0.3 is 0 Å². The number of aromatic nitrogens is 2. The van der Waals surface area contributed by atoms with E-state index in [0.717, 1.165) is 21.6 Å². The van der Waals surface area contributed by atoms with Crippen LogP contribution in [0.15, 0.2) is 70.9 Å². The third-order valence-corrected chi connectivity index (χ3v) is 4.81. The van der Waals surface area contributed by atoms with Gasteiger partial charge in [-0.05, 0) is 24.3 Å². The second-order valence-electron chi connectivity index (χ2n) is 5.92. The van der Waals surface area contributed by atoms with E-state index in [1.165, 1.54) is 11.3 Å². The van der Waals surface area contributed by atoms with E-state index in [1.54, 1.807) is 29.4 Å². The molecule has 0 fully saturated rings. The number of pyridine rings is 1. The largest absolute Gasteiger partial charge is 0.482 e. The van der Waals surface area contributed by atoms with Gasteiger partial charge in [0.25, 0.3) is 5.91 Å². The van der Waals surface area contributed by atoms with Crippen molar-refractivity contribution >= 4 is 29.1 Å². The van der Waals surface area contributed by atoms with Crippen LogP contribution in [-0.4, -0.2) is 34.9 Å². The first-order valence-electron chi connectivity index (χ1n) is 8.58. The van der Waals surface area contributed by atoms with Crippen molar-refractivity contribution in [1.29, 1.82) is 0 Å². The van der Waals surface area contributed by atoms with E-state index < -0.39 is 0 Å². The number of carbonyl (C=O) groups excluding carboxylic acids is 1. The third kappa shape index (κ3) is 3.77. The van der Waals surface area contributed by atoms with Gasteiger partial charge in [0.1, 0.15) is 5.75 Å². The van der Waals surface area contributed by atoms with Gasteiger partial charge in [-0.25, -0.2) is 4.68 Å². The number of nitrogens with zero attached hydrogens (tertiary/aromatic N) is 4. The third-order valence-electron chi connectivity index (χ3n) is 3.96. The van der Waals surface area contributed by atoms with E-state index >= 15 is 0 Å². The first-order chi connectivity index (χ1) is 13.7. The summed E-state index contributed by atoms with van der Waals surface area (Å²) in [5.74, 6) is 0.486. The first-order valence-corrected chi connectivity index (χ1v) is 9.46. The minimum atomic E-state index is -0.167. The maximum atomic E-state index is 11.6. The zero-order valence-electron chi connectivity index (χ0n) is 14.9. The zero-order valence-corrected chi connectivity index (χ0v) is 15.7. The van der Waals surface area contributed by atoms with Crippen LogP contribution >= 0.6 is 11.3 Å². The Morgan fingerprint density at radius 1 is 1.39 bits per heavy atom. The molecule has 1 amide bonds. The number of amides is 1. The summed E-state index contributed by atoms with van der Waals surface area (Å²) in [6.07, 6.45) is 6.93. The molecule has 0 aliphatic carbocycles. The SMILES string of the molecule is C=CCN=c1scc(-c2ccc3c(c2)NC(=O)CO3)n1N=Cc1cccnc1. The van der Waals surface area contributed by atoms with Crippen LogP contribution in [0.3, 0.4) is 0 Å². The van der Waals surface area contributed by atoms with Crippen molar-refractivity contribution in [2.45, 2.75) is 0 Å². The molecule has 1 aromatic carbocycles. The highest BCUT2D eigenvalue weighted by atomic mass is 32.1. The molecular formula is C20H17N5O2S. The fourth-order valence-corrected chi connectivity index (χ4v) is 3.53. The predicted octanol–water partition coefficient (Wildman–Crippen LogP) is 2.91. The quantitative estimate of drug-likeness (QED) is 0.536. The minimum absolute atomic E-state index is 0.0325.